The summed E-state index contributed by atoms with van der Waals surface area (Å²) in [5, 5.41) is 16.1. The van der Waals surface area contributed by atoms with Crippen LogP contribution in [-0.4, -0.2) is 45.8 Å². The zero-order valence-corrected chi connectivity index (χ0v) is 14.4. The van der Waals surface area contributed by atoms with E-state index in [9.17, 15) is 9.90 Å². The minimum atomic E-state index is -0.104. The van der Waals surface area contributed by atoms with Crippen molar-refractivity contribution in [2.45, 2.75) is 0 Å². The number of carbonyl (C=O) groups excluding carboxylic acids is 1. The summed E-state index contributed by atoms with van der Waals surface area (Å²) in [7, 11) is 0. The van der Waals surface area contributed by atoms with Gasteiger partial charge in [-0.25, -0.2) is 0 Å². The molecule has 0 radical (unpaired) electrons. The molecule has 0 aliphatic heterocycles. The van der Waals surface area contributed by atoms with Crippen LogP contribution in [0.1, 0.15) is 15.9 Å². The lowest BCUT2D eigenvalue weighted by Crippen LogP contribution is -2.33. The minimum Gasteiger partial charge on any atom is -0.395 e. The van der Waals surface area contributed by atoms with Crippen molar-refractivity contribution in [3.8, 4) is 11.3 Å². The Morgan fingerprint density at radius 1 is 1.08 bits per heavy atom. The van der Waals surface area contributed by atoms with Gasteiger partial charge in [-0.15, -0.1) is 0 Å². The van der Waals surface area contributed by atoms with Gasteiger partial charge in [0.05, 0.1) is 12.3 Å². The summed E-state index contributed by atoms with van der Waals surface area (Å²) in [6.45, 7) is 0.661. The molecule has 0 bridgehead atoms. The number of nitrogens with zero attached hydrogens (tertiary/aromatic N) is 2. The quantitative estimate of drug-likeness (QED) is 0.689. The van der Waals surface area contributed by atoms with Gasteiger partial charge < -0.3 is 10.0 Å². The maximum absolute atomic E-state index is 12.7. The van der Waals surface area contributed by atoms with Gasteiger partial charge in [0.25, 0.3) is 5.91 Å². The van der Waals surface area contributed by atoms with E-state index < -0.39 is 0 Å². The smallest absolute Gasteiger partial charge is 0.254 e. The largest absolute Gasteiger partial charge is 0.395 e. The average molecular weight is 347 g/mol. The van der Waals surface area contributed by atoms with Crippen molar-refractivity contribution in [2.75, 3.05) is 19.7 Å². The highest BCUT2D eigenvalue weighted by Gasteiger charge is 2.14. The SMILES string of the molecule is O=C(c1ccc(-c2ccn[nH]2)cc1)N(C/C=C/c1ccccc1)CCO. The number of aliphatic hydroxyl groups is 1. The van der Waals surface area contributed by atoms with E-state index in [-0.39, 0.29) is 12.5 Å². The van der Waals surface area contributed by atoms with Crippen molar-refractivity contribution in [2.24, 2.45) is 0 Å². The van der Waals surface area contributed by atoms with Crippen molar-refractivity contribution in [1.82, 2.24) is 15.1 Å². The maximum Gasteiger partial charge on any atom is 0.254 e. The standard InChI is InChI=1S/C21H21N3O2/c25-16-15-24(14-4-7-17-5-2-1-3-6-17)21(26)19-10-8-18(9-11-19)20-12-13-22-23-20/h1-13,25H,14-16H2,(H,22,23)/b7-4+. The number of rotatable bonds is 7. The van der Waals surface area contributed by atoms with Crippen LogP contribution in [-0.2, 0) is 0 Å². The molecular weight excluding hydrogens is 326 g/mol. The first-order valence-corrected chi connectivity index (χ1v) is 8.49. The first kappa shape index (κ1) is 17.6. The molecule has 0 atom stereocenters. The van der Waals surface area contributed by atoms with Crippen LogP contribution in [0.3, 0.4) is 0 Å². The normalized spacial score (nSPS) is 11.0. The Kier molecular flexibility index (Phi) is 5.96. The first-order chi connectivity index (χ1) is 12.8. The molecule has 2 aromatic carbocycles. The highest BCUT2D eigenvalue weighted by Crippen LogP contribution is 2.17. The van der Waals surface area contributed by atoms with Gasteiger partial charge in [0.2, 0.25) is 0 Å². The number of benzene rings is 2. The minimum absolute atomic E-state index is 0.0723. The highest BCUT2D eigenvalue weighted by molar-refractivity contribution is 5.94. The average Bonchev–Trinajstić information content (AvgIpc) is 3.23. The lowest BCUT2D eigenvalue weighted by Gasteiger charge is -2.20. The number of aliphatic hydroxyl groups excluding tert-OH is 1. The first-order valence-electron chi connectivity index (χ1n) is 8.49. The molecule has 0 saturated heterocycles. The fraction of sp³-hybridized carbons (Fsp3) is 0.143. The summed E-state index contributed by atoms with van der Waals surface area (Å²) in [5.41, 5.74) is 3.54. The van der Waals surface area contributed by atoms with Crippen LogP contribution in [0.15, 0.2) is 72.9 Å². The molecule has 1 heterocycles. The van der Waals surface area contributed by atoms with Crippen molar-refractivity contribution in [1.29, 1.82) is 0 Å². The second kappa shape index (κ2) is 8.78. The molecule has 0 unspecified atom stereocenters. The Hall–Kier alpha value is -3.18. The lowest BCUT2D eigenvalue weighted by molar-refractivity contribution is 0.0743. The third kappa shape index (κ3) is 4.46. The molecule has 5 heteroatoms. The number of hydrogen-bond acceptors (Lipinski definition) is 3. The van der Waals surface area contributed by atoms with Crippen LogP contribution in [0.2, 0.25) is 0 Å². The van der Waals surface area contributed by atoms with Crippen LogP contribution < -0.4 is 0 Å². The monoisotopic (exact) mass is 347 g/mol. The molecule has 2 N–H and O–H groups in total. The summed E-state index contributed by atoms with van der Waals surface area (Å²) in [6.07, 6.45) is 5.59. The lowest BCUT2D eigenvalue weighted by atomic mass is 10.1. The molecule has 1 aromatic heterocycles. The zero-order valence-electron chi connectivity index (χ0n) is 14.4. The zero-order chi connectivity index (χ0) is 18.2. The van der Waals surface area contributed by atoms with Gasteiger partial charge in [-0.2, -0.15) is 5.10 Å². The molecule has 3 rings (SSSR count). The topological polar surface area (TPSA) is 69.2 Å². The van der Waals surface area contributed by atoms with E-state index in [2.05, 4.69) is 10.2 Å². The Labute approximate surface area is 152 Å². The third-order valence-corrected chi connectivity index (χ3v) is 4.04. The maximum atomic E-state index is 12.7. The van der Waals surface area contributed by atoms with E-state index in [1.54, 1.807) is 23.2 Å². The summed E-state index contributed by atoms with van der Waals surface area (Å²) in [5.74, 6) is -0.104. The van der Waals surface area contributed by atoms with Gasteiger partial charge >= 0.3 is 0 Å². The predicted octanol–water partition coefficient (Wildman–Crippen LogP) is 3.22. The van der Waals surface area contributed by atoms with Gasteiger partial charge in [-0.1, -0.05) is 54.6 Å². The van der Waals surface area contributed by atoms with Crippen molar-refractivity contribution >= 4 is 12.0 Å². The molecular formula is C21H21N3O2. The summed E-state index contributed by atoms with van der Waals surface area (Å²) >= 11 is 0. The van der Waals surface area contributed by atoms with E-state index in [4.69, 9.17) is 0 Å². The van der Waals surface area contributed by atoms with Gasteiger partial charge in [0.1, 0.15) is 0 Å². The van der Waals surface area contributed by atoms with Gasteiger partial charge in [-0.3, -0.25) is 9.89 Å². The summed E-state index contributed by atoms with van der Waals surface area (Å²) in [6, 6.07) is 19.2. The number of aromatic amines is 1. The molecule has 0 spiro atoms. The second-order valence-electron chi connectivity index (χ2n) is 5.84. The number of aromatic nitrogens is 2. The van der Waals surface area contributed by atoms with E-state index >= 15 is 0 Å². The fourth-order valence-corrected chi connectivity index (χ4v) is 2.67. The number of nitrogens with one attached hydrogen (secondary N) is 1. The number of hydrogen-bond donors (Lipinski definition) is 2. The van der Waals surface area contributed by atoms with Crippen LogP contribution in [0.25, 0.3) is 17.3 Å². The molecule has 0 saturated carbocycles. The van der Waals surface area contributed by atoms with Crippen LogP contribution in [0, 0.1) is 0 Å². The molecule has 3 aromatic rings. The highest BCUT2D eigenvalue weighted by atomic mass is 16.3. The molecule has 0 aliphatic carbocycles. The van der Waals surface area contributed by atoms with Crippen molar-refractivity contribution < 1.29 is 9.90 Å². The van der Waals surface area contributed by atoms with Gasteiger partial charge in [0.15, 0.2) is 0 Å². The predicted molar refractivity (Wildman–Crippen MR) is 102 cm³/mol. The van der Waals surface area contributed by atoms with Crippen LogP contribution in [0.5, 0.6) is 0 Å². The van der Waals surface area contributed by atoms with Crippen LogP contribution in [0.4, 0.5) is 0 Å². The number of carbonyl (C=O) groups is 1. The van der Waals surface area contributed by atoms with E-state index in [1.807, 2.05) is 60.7 Å². The summed E-state index contributed by atoms with van der Waals surface area (Å²) in [4.78, 5) is 14.4. The molecule has 26 heavy (non-hydrogen) atoms. The van der Waals surface area contributed by atoms with E-state index in [1.165, 1.54) is 0 Å². The van der Waals surface area contributed by atoms with Gasteiger partial charge in [-0.05, 0) is 29.3 Å². The van der Waals surface area contributed by atoms with Crippen molar-refractivity contribution in [3.05, 3.63) is 84.1 Å². The number of amides is 1. The Morgan fingerprint density at radius 3 is 2.50 bits per heavy atom. The fourth-order valence-electron chi connectivity index (χ4n) is 2.67. The molecule has 0 fully saturated rings. The Bertz CT molecular complexity index is 841. The van der Waals surface area contributed by atoms with E-state index in [0.717, 1.165) is 16.8 Å². The summed E-state index contributed by atoms with van der Waals surface area (Å²) < 4.78 is 0. The van der Waals surface area contributed by atoms with Gasteiger partial charge in [0, 0.05) is 24.8 Å². The third-order valence-electron chi connectivity index (χ3n) is 4.04. The van der Waals surface area contributed by atoms with Crippen LogP contribution >= 0.6 is 0 Å². The molecule has 0 aliphatic rings. The van der Waals surface area contributed by atoms with E-state index in [0.29, 0.717) is 18.7 Å². The second-order valence-corrected chi connectivity index (χ2v) is 5.84. The number of H-pyrrole nitrogens is 1. The molecule has 1 amide bonds. The Balaban J connectivity index is 1.69. The van der Waals surface area contributed by atoms with Crippen molar-refractivity contribution in [3.63, 3.8) is 0 Å². The molecule has 132 valence electrons. The Morgan fingerprint density at radius 2 is 1.85 bits per heavy atom. The molecule has 5 nitrogen and oxygen atoms in total.